The van der Waals surface area contributed by atoms with Crippen molar-refractivity contribution in [2.24, 2.45) is 5.41 Å². The van der Waals surface area contributed by atoms with Crippen LogP contribution in [0.25, 0.3) is 0 Å². The van der Waals surface area contributed by atoms with Gasteiger partial charge in [0.15, 0.2) is 0 Å². The van der Waals surface area contributed by atoms with E-state index in [-0.39, 0.29) is 5.91 Å². The third kappa shape index (κ3) is 2.31. The fourth-order valence-corrected chi connectivity index (χ4v) is 3.05. The van der Waals surface area contributed by atoms with Crippen LogP contribution in [0.3, 0.4) is 0 Å². The van der Waals surface area contributed by atoms with Gasteiger partial charge in [0.1, 0.15) is 5.41 Å². The van der Waals surface area contributed by atoms with Crippen LogP contribution in [0.4, 0.5) is 0 Å². The van der Waals surface area contributed by atoms with Crippen molar-refractivity contribution < 1.29 is 4.79 Å². The number of nitriles is 1. The molecule has 0 aromatic heterocycles. The summed E-state index contributed by atoms with van der Waals surface area (Å²) < 4.78 is 0. The standard InChI is InChI=1S/C14H22N2O/c1-16(12-7-4-2-3-5-8-12)13(17)14(11-15)9-6-10-14/h12H,2-10H2,1H3. The van der Waals surface area contributed by atoms with Crippen LogP contribution in [0.2, 0.25) is 0 Å². The van der Waals surface area contributed by atoms with E-state index in [9.17, 15) is 10.1 Å². The van der Waals surface area contributed by atoms with Crippen molar-refractivity contribution in [1.82, 2.24) is 4.90 Å². The molecule has 2 aliphatic rings. The summed E-state index contributed by atoms with van der Waals surface area (Å²) in [4.78, 5) is 14.3. The number of amides is 1. The molecule has 2 rings (SSSR count). The normalized spacial score (nSPS) is 24.2. The average molecular weight is 234 g/mol. The largest absolute Gasteiger partial charge is 0.341 e. The highest BCUT2D eigenvalue weighted by molar-refractivity contribution is 5.86. The molecule has 2 saturated carbocycles. The Bertz CT molecular complexity index is 320. The number of hydrogen-bond donors (Lipinski definition) is 0. The van der Waals surface area contributed by atoms with E-state index in [0.29, 0.717) is 6.04 Å². The molecule has 3 heteroatoms. The van der Waals surface area contributed by atoms with E-state index in [1.165, 1.54) is 25.7 Å². The smallest absolute Gasteiger partial charge is 0.243 e. The van der Waals surface area contributed by atoms with Gasteiger partial charge in [-0.05, 0) is 32.1 Å². The van der Waals surface area contributed by atoms with Crippen molar-refractivity contribution in [2.45, 2.75) is 63.8 Å². The van der Waals surface area contributed by atoms with Gasteiger partial charge in [-0.15, -0.1) is 0 Å². The highest BCUT2D eigenvalue weighted by Crippen LogP contribution is 2.42. The van der Waals surface area contributed by atoms with Crippen LogP contribution in [0, 0.1) is 16.7 Å². The van der Waals surface area contributed by atoms with Crippen molar-refractivity contribution in [3.63, 3.8) is 0 Å². The molecule has 0 radical (unpaired) electrons. The third-order valence-electron chi connectivity index (χ3n) is 4.52. The molecule has 0 aromatic rings. The van der Waals surface area contributed by atoms with Crippen molar-refractivity contribution in [1.29, 1.82) is 5.26 Å². The van der Waals surface area contributed by atoms with E-state index < -0.39 is 5.41 Å². The van der Waals surface area contributed by atoms with Crippen molar-refractivity contribution in [3.8, 4) is 6.07 Å². The van der Waals surface area contributed by atoms with Crippen LogP contribution in [0.5, 0.6) is 0 Å². The first-order valence-electron chi connectivity index (χ1n) is 6.88. The summed E-state index contributed by atoms with van der Waals surface area (Å²) in [6.45, 7) is 0. The quantitative estimate of drug-likeness (QED) is 0.690. The number of carbonyl (C=O) groups is 1. The maximum absolute atomic E-state index is 12.4. The molecule has 2 fully saturated rings. The lowest BCUT2D eigenvalue weighted by Gasteiger charge is -2.39. The highest BCUT2D eigenvalue weighted by Gasteiger charge is 2.47. The zero-order chi connectivity index (χ0) is 12.3. The van der Waals surface area contributed by atoms with Gasteiger partial charge in [-0.1, -0.05) is 25.7 Å². The summed E-state index contributed by atoms with van der Waals surface area (Å²) in [5.41, 5.74) is -0.666. The second kappa shape index (κ2) is 5.08. The molecule has 0 atom stereocenters. The summed E-state index contributed by atoms with van der Waals surface area (Å²) in [5.74, 6) is 0.0816. The summed E-state index contributed by atoms with van der Waals surface area (Å²) in [5, 5.41) is 9.21. The fraction of sp³-hybridized carbons (Fsp3) is 0.857. The summed E-state index contributed by atoms with van der Waals surface area (Å²) in [7, 11) is 1.90. The average Bonchev–Trinajstić information content (AvgIpc) is 2.55. The number of carbonyl (C=O) groups excluding carboxylic acids is 1. The maximum atomic E-state index is 12.4. The van der Waals surface area contributed by atoms with E-state index in [1.54, 1.807) is 0 Å². The summed E-state index contributed by atoms with van der Waals surface area (Å²) in [6.07, 6.45) is 9.82. The first-order chi connectivity index (χ1) is 8.19. The Labute approximate surface area is 104 Å². The topological polar surface area (TPSA) is 44.1 Å². The Balaban J connectivity index is 2.01. The molecule has 3 nitrogen and oxygen atoms in total. The van der Waals surface area contributed by atoms with Gasteiger partial charge in [-0.2, -0.15) is 5.26 Å². The van der Waals surface area contributed by atoms with Crippen LogP contribution in [0.15, 0.2) is 0 Å². The number of nitrogens with zero attached hydrogens (tertiary/aromatic N) is 2. The molecule has 0 saturated heterocycles. The van der Waals surface area contributed by atoms with Gasteiger partial charge >= 0.3 is 0 Å². The Morgan fingerprint density at radius 3 is 2.18 bits per heavy atom. The van der Waals surface area contributed by atoms with Gasteiger partial charge in [0.2, 0.25) is 5.91 Å². The molecule has 0 unspecified atom stereocenters. The van der Waals surface area contributed by atoms with Gasteiger partial charge in [0, 0.05) is 13.1 Å². The lowest BCUT2D eigenvalue weighted by molar-refractivity contribution is -0.144. The molecule has 0 aromatic carbocycles. The molecular formula is C14H22N2O. The van der Waals surface area contributed by atoms with Gasteiger partial charge in [0.25, 0.3) is 0 Å². The van der Waals surface area contributed by atoms with Gasteiger partial charge in [0.05, 0.1) is 6.07 Å². The first-order valence-corrected chi connectivity index (χ1v) is 6.88. The maximum Gasteiger partial charge on any atom is 0.243 e. The van der Waals surface area contributed by atoms with E-state index in [1.807, 2.05) is 11.9 Å². The second-order valence-corrected chi connectivity index (χ2v) is 5.61. The van der Waals surface area contributed by atoms with Gasteiger partial charge in [-0.25, -0.2) is 0 Å². The zero-order valence-corrected chi connectivity index (χ0v) is 10.7. The van der Waals surface area contributed by atoms with E-state index in [4.69, 9.17) is 0 Å². The molecule has 0 heterocycles. The molecule has 2 aliphatic carbocycles. The monoisotopic (exact) mass is 234 g/mol. The SMILES string of the molecule is CN(C(=O)C1(C#N)CCC1)C1CCCCCC1. The summed E-state index contributed by atoms with van der Waals surface area (Å²) in [6, 6.07) is 2.63. The molecule has 1 amide bonds. The van der Waals surface area contributed by atoms with Crippen LogP contribution in [-0.4, -0.2) is 23.9 Å². The van der Waals surface area contributed by atoms with Crippen molar-refractivity contribution >= 4 is 5.91 Å². The lowest BCUT2D eigenvalue weighted by Crippen LogP contribution is -2.49. The van der Waals surface area contributed by atoms with Crippen LogP contribution >= 0.6 is 0 Å². The highest BCUT2D eigenvalue weighted by atomic mass is 16.2. The van der Waals surface area contributed by atoms with E-state index in [0.717, 1.165) is 32.1 Å². The van der Waals surface area contributed by atoms with Gasteiger partial charge < -0.3 is 4.90 Å². The summed E-state index contributed by atoms with van der Waals surface area (Å²) >= 11 is 0. The Hall–Kier alpha value is -1.04. The predicted octanol–water partition coefficient (Wildman–Crippen LogP) is 2.86. The Kier molecular flexibility index (Phi) is 3.71. The minimum absolute atomic E-state index is 0.0816. The minimum atomic E-state index is -0.666. The molecule has 0 spiro atoms. The molecular weight excluding hydrogens is 212 g/mol. The van der Waals surface area contributed by atoms with Crippen LogP contribution < -0.4 is 0 Å². The fourth-order valence-electron chi connectivity index (χ4n) is 3.05. The lowest BCUT2D eigenvalue weighted by atomic mass is 9.69. The van der Waals surface area contributed by atoms with Crippen molar-refractivity contribution in [3.05, 3.63) is 0 Å². The number of hydrogen-bond acceptors (Lipinski definition) is 2. The van der Waals surface area contributed by atoms with Crippen molar-refractivity contribution in [2.75, 3.05) is 7.05 Å². The van der Waals surface area contributed by atoms with Crippen LogP contribution in [-0.2, 0) is 4.79 Å². The zero-order valence-electron chi connectivity index (χ0n) is 10.7. The second-order valence-electron chi connectivity index (χ2n) is 5.61. The molecule has 0 bridgehead atoms. The molecule has 0 N–H and O–H groups in total. The van der Waals surface area contributed by atoms with E-state index in [2.05, 4.69) is 6.07 Å². The Morgan fingerprint density at radius 2 is 1.76 bits per heavy atom. The molecule has 17 heavy (non-hydrogen) atoms. The minimum Gasteiger partial charge on any atom is -0.341 e. The Morgan fingerprint density at radius 1 is 1.18 bits per heavy atom. The van der Waals surface area contributed by atoms with Crippen LogP contribution in [0.1, 0.15) is 57.8 Å². The number of rotatable bonds is 2. The predicted molar refractivity (Wildman–Crippen MR) is 66.2 cm³/mol. The van der Waals surface area contributed by atoms with Gasteiger partial charge in [-0.3, -0.25) is 4.79 Å². The first kappa shape index (κ1) is 12.4. The third-order valence-corrected chi connectivity index (χ3v) is 4.52. The van der Waals surface area contributed by atoms with E-state index >= 15 is 0 Å². The molecule has 0 aliphatic heterocycles. The molecule has 94 valence electrons.